The number of piperazine rings is 1. The van der Waals surface area contributed by atoms with Crippen molar-refractivity contribution in [3.8, 4) is 0 Å². The molecule has 168 valence electrons. The molecule has 4 heterocycles. The number of aryl methyl sites for hydroxylation is 2. The van der Waals surface area contributed by atoms with E-state index in [1.54, 1.807) is 0 Å². The molecule has 2 aromatic heterocycles. The van der Waals surface area contributed by atoms with Crippen molar-refractivity contribution >= 4 is 22.6 Å². The monoisotopic (exact) mass is 432 g/mol. The lowest BCUT2D eigenvalue weighted by Gasteiger charge is -2.35. The van der Waals surface area contributed by atoms with Gasteiger partial charge in [-0.2, -0.15) is 5.10 Å². The van der Waals surface area contributed by atoms with Crippen LogP contribution in [-0.4, -0.2) is 69.7 Å². The number of rotatable bonds is 4. The first-order valence-corrected chi connectivity index (χ1v) is 11.7. The summed E-state index contributed by atoms with van der Waals surface area (Å²) in [6.45, 7) is 10.3. The second-order valence-electron chi connectivity index (χ2n) is 9.09. The van der Waals surface area contributed by atoms with Crippen LogP contribution in [0.2, 0.25) is 0 Å². The maximum absolute atomic E-state index is 13.6. The minimum absolute atomic E-state index is 0.110. The highest BCUT2D eigenvalue weighted by Gasteiger charge is 2.28. The molecule has 0 saturated carbocycles. The molecule has 2 aliphatic rings. The van der Waals surface area contributed by atoms with Crippen molar-refractivity contribution in [2.75, 3.05) is 44.2 Å². The van der Waals surface area contributed by atoms with Crippen LogP contribution in [0.1, 0.15) is 40.2 Å². The molecular weight excluding hydrogens is 400 g/mol. The third-order valence-electron chi connectivity index (χ3n) is 7.04. The Morgan fingerprint density at radius 2 is 1.72 bits per heavy atom. The number of aromatic nitrogens is 3. The van der Waals surface area contributed by atoms with Gasteiger partial charge in [-0.3, -0.25) is 14.4 Å². The SMILES string of the molecule is Cc1nn(C)c(C)c1CN1CCN(C(=O)c2cc3ccccc3nc2N2CCCC2)CC1. The minimum atomic E-state index is 0.110. The summed E-state index contributed by atoms with van der Waals surface area (Å²) < 4.78 is 1.96. The van der Waals surface area contributed by atoms with Gasteiger partial charge in [0, 0.05) is 69.5 Å². The lowest BCUT2D eigenvalue weighted by atomic mass is 10.1. The summed E-state index contributed by atoms with van der Waals surface area (Å²) in [5.74, 6) is 0.966. The molecule has 7 nitrogen and oxygen atoms in total. The number of carbonyl (C=O) groups is 1. The van der Waals surface area contributed by atoms with Crippen molar-refractivity contribution in [1.82, 2.24) is 24.6 Å². The fourth-order valence-electron chi connectivity index (χ4n) is 4.98. The number of fused-ring (bicyclic) bond motifs is 1. The summed E-state index contributed by atoms with van der Waals surface area (Å²) in [4.78, 5) is 25.3. The quantitative estimate of drug-likeness (QED) is 0.634. The molecule has 0 radical (unpaired) electrons. The number of benzene rings is 1. The van der Waals surface area contributed by atoms with Gasteiger partial charge in [-0.1, -0.05) is 18.2 Å². The van der Waals surface area contributed by atoms with Crippen LogP contribution in [0, 0.1) is 13.8 Å². The van der Waals surface area contributed by atoms with Gasteiger partial charge in [-0.15, -0.1) is 0 Å². The normalized spacial score (nSPS) is 17.5. The predicted octanol–water partition coefficient (Wildman–Crippen LogP) is 3.14. The van der Waals surface area contributed by atoms with Crippen molar-refractivity contribution < 1.29 is 4.79 Å². The smallest absolute Gasteiger partial charge is 0.257 e. The molecule has 7 heteroatoms. The number of amides is 1. The molecule has 5 rings (SSSR count). The van der Waals surface area contributed by atoms with Crippen LogP contribution in [0.4, 0.5) is 5.82 Å². The van der Waals surface area contributed by atoms with E-state index in [1.165, 1.54) is 11.3 Å². The maximum atomic E-state index is 13.6. The van der Waals surface area contributed by atoms with Gasteiger partial charge in [-0.25, -0.2) is 4.98 Å². The van der Waals surface area contributed by atoms with Crippen LogP contribution in [-0.2, 0) is 13.6 Å². The van der Waals surface area contributed by atoms with E-state index in [4.69, 9.17) is 4.98 Å². The largest absolute Gasteiger partial charge is 0.356 e. The van der Waals surface area contributed by atoms with Crippen molar-refractivity contribution in [3.63, 3.8) is 0 Å². The Hall–Kier alpha value is -2.93. The molecule has 0 spiro atoms. The van der Waals surface area contributed by atoms with Gasteiger partial charge in [-0.05, 0) is 38.8 Å². The zero-order chi connectivity index (χ0) is 22.2. The molecular formula is C25H32N6O. The molecule has 1 aromatic carbocycles. The second kappa shape index (κ2) is 8.54. The molecule has 2 fully saturated rings. The number of hydrogen-bond acceptors (Lipinski definition) is 5. The van der Waals surface area contributed by atoms with Gasteiger partial charge < -0.3 is 9.80 Å². The van der Waals surface area contributed by atoms with Crippen LogP contribution in [0.25, 0.3) is 10.9 Å². The van der Waals surface area contributed by atoms with E-state index >= 15 is 0 Å². The highest BCUT2D eigenvalue weighted by Crippen LogP contribution is 2.28. The van der Waals surface area contributed by atoms with Crippen LogP contribution >= 0.6 is 0 Å². The molecule has 0 bridgehead atoms. The molecule has 1 amide bonds. The lowest BCUT2D eigenvalue weighted by molar-refractivity contribution is 0.0628. The van der Waals surface area contributed by atoms with E-state index in [1.807, 2.05) is 47.0 Å². The maximum Gasteiger partial charge on any atom is 0.257 e. The van der Waals surface area contributed by atoms with Crippen molar-refractivity contribution in [2.24, 2.45) is 7.05 Å². The molecule has 3 aromatic rings. The predicted molar refractivity (Wildman–Crippen MR) is 127 cm³/mol. The van der Waals surface area contributed by atoms with E-state index in [9.17, 15) is 4.79 Å². The van der Waals surface area contributed by atoms with Gasteiger partial charge in [0.15, 0.2) is 0 Å². The minimum Gasteiger partial charge on any atom is -0.356 e. The number of hydrogen-bond donors (Lipinski definition) is 0. The molecule has 0 aliphatic carbocycles. The van der Waals surface area contributed by atoms with Crippen molar-refractivity contribution in [2.45, 2.75) is 33.2 Å². The summed E-state index contributed by atoms with van der Waals surface area (Å²) >= 11 is 0. The highest BCUT2D eigenvalue weighted by molar-refractivity contribution is 6.02. The van der Waals surface area contributed by atoms with Gasteiger partial charge in [0.2, 0.25) is 0 Å². The van der Waals surface area contributed by atoms with Gasteiger partial charge in [0.1, 0.15) is 5.82 Å². The summed E-state index contributed by atoms with van der Waals surface area (Å²) in [6, 6.07) is 10.1. The number of anilines is 1. The second-order valence-corrected chi connectivity index (χ2v) is 9.09. The standard InChI is InChI=1S/C25H32N6O/c1-18-22(19(2)28(3)27-18)17-29-12-14-31(15-13-29)25(32)21-16-20-8-4-5-9-23(20)26-24(21)30-10-6-7-11-30/h4-5,8-9,16H,6-7,10-15,17H2,1-3H3. The Balaban J connectivity index is 1.34. The van der Waals surface area contributed by atoms with Crippen molar-refractivity contribution in [1.29, 1.82) is 0 Å². The van der Waals surface area contributed by atoms with Gasteiger partial charge >= 0.3 is 0 Å². The average molecular weight is 433 g/mol. The number of para-hydroxylation sites is 1. The Bertz CT molecular complexity index is 1140. The first kappa shape index (κ1) is 20.9. The molecule has 0 atom stereocenters. The van der Waals surface area contributed by atoms with E-state index in [0.717, 1.165) is 86.6 Å². The molecule has 32 heavy (non-hydrogen) atoms. The van der Waals surface area contributed by atoms with E-state index in [-0.39, 0.29) is 5.91 Å². The van der Waals surface area contributed by atoms with Gasteiger partial charge in [0.05, 0.1) is 16.8 Å². The van der Waals surface area contributed by atoms with Crippen LogP contribution < -0.4 is 4.90 Å². The van der Waals surface area contributed by atoms with Crippen LogP contribution in [0.3, 0.4) is 0 Å². The van der Waals surface area contributed by atoms with Crippen LogP contribution in [0.5, 0.6) is 0 Å². The van der Waals surface area contributed by atoms with E-state index in [2.05, 4.69) is 28.7 Å². The third-order valence-corrected chi connectivity index (χ3v) is 7.04. The fraction of sp³-hybridized carbons (Fsp3) is 0.480. The number of carbonyl (C=O) groups excluding carboxylic acids is 1. The summed E-state index contributed by atoms with van der Waals surface area (Å²) in [7, 11) is 2.00. The number of nitrogens with zero attached hydrogens (tertiary/aromatic N) is 6. The molecule has 2 aliphatic heterocycles. The van der Waals surface area contributed by atoms with E-state index < -0.39 is 0 Å². The van der Waals surface area contributed by atoms with Crippen molar-refractivity contribution in [3.05, 3.63) is 52.8 Å². The Kier molecular flexibility index (Phi) is 5.59. The zero-order valence-corrected chi connectivity index (χ0v) is 19.3. The lowest BCUT2D eigenvalue weighted by Crippen LogP contribution is -2.48. The Labute approximate surface area is 189 Å². The Morgan fingerprint density at radius 1 is 1.00 bits per heavy atom. The van der Waals surface area contributed by atoms with E-state index in [0.29, 0.717) is 0 Å². The zero-order valence-electron chi connectivity index (χ0n) is 19.3. The summed E-state index contributed by atoms with van der Waals surface area (Å²) in [5.41, 5.74) is 5.33. The first-order valence-electron chi connectivity index (χ1n) is 11.7. The number of pyridine rings is 1. The molecule has 0 unspecified atom stereocenters. The average Bonchev–Trinajstić information content (AvgIpc) is 3.43. The first-order chi connectivity index (χ1) is 15.5. The molecule has 0 N–H and O–H groups in total. The fourth-order valence-corrected chi connectivity index (χ4v) is 4.98. The highest BCUT2D eigenvalue weighted by atomic mass is 16.2. The summed E-state index contributed by atoms with van der Waals surface area (Å²) in [5, 5.41) is 5.57. The Morgan fingerprint density at radius 3 is 2.41 bits per heavy atom. The molecule has 2 saturated heterocycles. The van der Waals surface area contributed by atoms with Crippen LogP contribution in [0.15, 0.2) is 30.3 Å². The third kappa shape index (κ3) is 3.86. The van der Waals surface area contributed by atoms with Gasteiger partial charge in [0.25, 0.3) is 5.91 Å². The summed E-state index contributed by atoms with van der Waals surface area (Å²) in [6.07, 6.45) is 2.32. The topological polar surface area (TPSA) is 57.5 Å².